The molecule has 2 aromatic carbocycles. The summed E-state index contributed by atoms with van der Waals surface area (Å²) >= 11 is 0. The summed E-state index contributed by atoms with van der Waals surface area (Å²) in [6.45, 7) is 0. The molecule has 2 rings (SSSR count). The van der Waals surface area contributed by atoms with E-state index < -0.39 is 23.6 Å². The van der Waals surface area contributed by atoms with Gasteiger partial charge in [-0.05, 0) is 29.8 Å². The average molecular weight is 267 g/mol. The molecule has 1 unspecified atom stereocenters. The molecule has 0 aliphatic carbocycles. The summed E-state index contributed by atoms with van der Waals surface area (Å²) in [5.74, 6) is -2.56. The molecule has 0 heterocycles. The molecule has 19 heavy (non-hydrogen) atoms. The highest BCUT2D eigenvalue weighted by molar-refractivity contribution is 5.48. The van der Waals surface area contributed by atoms with E-state index in [2.05, 4.69) is 0 Å². The number of rotatable bonds is 3. The van der Waals surface area contributed by atoms with E-state index >= 15 is 0 Å². The minimum atomic E-state index is -1.20. The number of anilines is 1. The predicted molar refractivity (Wildman–Crippen MR) is 65.8 cm³/mol. The Morgan fingerprint density at radius 1 is 1.11 bits per heavy atom. The van der Waals surface area contributed by atoms with E-state index in [0.29, 0.717) is 0 Å². The minimum absolute atomic E-state index is 0.0103. The monoisotopic (exact) mass is 267 g/mol. The van der Waals surface area contributed by atoms with Crippen molar-refractivity contribution in [1.29, 1.82) is 0 Å². The van der Waals surface area contributed by atoms with Gasteiger partial charge in [0.15, 0.2) is 11.6 Å². The van der Waals surface area contributed by atoms with Gasteiger partial charge in [-0.2, -0.15) is 0 Å². The van der Waals surface area contributed by atoms with Crippen molar-refractivity contribution in [1.82, 2.24) is 0 Å². The van der Waals surface area contributed by atoms with Gasteiger partial charge in [0.05, 0.1) is 6.10 Å². The van der Waals surface area contributed by atoms with Gasteiger partial charge in [-0.1, -0.05) is 12.1 Å². The van der Waals surface area contributed by atoms with E-state index in [1.807, 2.05) is 0 Å². The van der Waals surface area contributed by atoms with Gasteiger partial charge in [0.25, 0.3) is 0 Å². The Kier molecular flexibility index (Phi) is 3.76. The van der Waals surface area contributed by atoms with Crippen LogP contribution in [0.2, 0.25) is 0 Å². The third kappa shape index (κ3) is 2.88. The molecule has 0 saturated carbocycles. The topological polar surface area (TPSA) is 46.2 Å². The molecule has 0 spiro atoms. The lowest BCUT2D eigenvalue weighted by molar-refractivity contribution is 0.177. The molecule has 2 nitrogen and oxygen atoms in total. The number of hydrogen-bond donors (Lipinski definition) is 2. The first kappa shape index (κ1) is 13.4. The summed E-state index contributed by atoms with van der Waals surface area (Å²) in [5.41, 5.74) is 5.98. The van der Waals surface area contributed by atoms with Gasteiger partial charge in [-0.15, -0.1) is 0 Å². The summed E-state index contributed by atoms with van der Waals surface area (Å²) in [6.07, 6.45) is -1.39. The van der Waals surface area contributed by atoms with Gasteiger partial charge in [0, 0.05) is 17.7 Å². The fraction of sp³-hybridized carbons (Fsp3) is 0.143. The van der Waals surface area contributed by atoms with Crippen LogP contribution in [0, 0.1) is 17.5 Å². The van der Waals surface area contributed by atoms with Crippen molar-refractivity contribution in [2.45, 2.75) is 12.5 Å². The van der Waals surface area contributed by atoms with Crippen molar-refractivity contribution < 1.29 is 18.3 Å². The Balaban J connectivity index is 2.28. The summed E-state index contributed by atoms with van der Waals surface area (Å²) in [4.78, 5) is 0. The van der Waals surface area contributed by atoms with Gasteiger partial charge >= 0.3 is 0 Å². The second-order valence-electron chi connectivity index (χ2n) is 4.21. The van der Waals surface area contributed by atoms with Crippen molar-refractivity contribution >= 4 is 5.69 Å². The molecule has 3 N–H and O–H groups in total. The van der Waals surface area contributed by atoms with Crippen molar-refractivity contribution in [2.24, 2.45) is 0 Å². The molecule has 0 aliphatic heterocycles. The van der Waals surface area contributed by atoms with Crippen LogP contribution < -0.4 is 5.73 Å². The van der Waals surface area contributed by atoms with Crippen molar-refractivity contribution in [3.05, 3.63) is 65.0 Å². The maximum absolute atomic E-state index is 13.5. The lowest BCUT2D eigenvalue weighted by atomic mass is 9.99. The van der Waals surface area contributed by atoms with E-state index in [4.69, 9.17) is 5.73 Å². The van der Waals surface area contributed by atoms with Crippen LogP contribution in [0.3, 0.4) is 0 Å². The molecule has 0 bridgehead atoms. The Hall–Kier alpha value is -2.01. The molecule has 0 aromatic heterocycles. The first-order chi connectivity index (χ1) is 8.99. The Morgan fingerprint density at radius 3 is 2.58 bits per heavy atom. The number of hydrogen-bond acceptors (Lipinski definition) is 2. The molecule has 5 heteroatoms. The largest absolute Gasteiger partial charge is 0.398 e. The second-order valence-corrected chi connectivity index (χ2v) is 4.21. The highest BCUT2D eigenvalue weighted by atomic mass is 19.2. The molecule has 2 aromatic rings. The summed E-state index contributed by atoms with van der Waals surface area (Å²) in [6, 6.07) is 7.25. The first-order valence-corrected chi connectivity index (χ1v) is 5.65. The van der Waals surface area contributed by atoms with Crippen LogP contribution in [-0.4, -0.2) is 5.11 Å². The fourth-order valence-electron chi connectivity index (χ4n) is 1.86. The number of aliphatic hydroxyl groups is 1. The van der Waals surface area contributed by atoms with Gasteiger partial charge in [0.1, 0.15) is 5.82 Å². The highest BCUT2D eigenvalue weighted by Gasteiger charge is 2.16. The lowest BCUT2D eigenvalue weighted by Gasteiger charge is -2.14. The molecule has 0 aliphatic rings. The van der Waals surface area contributed by atoms with Crippen molar-refractivity contribution in [3.8, 4) is 0 Å². The molecular weight excluding hydrogens is 255 g/mol. The molecule has 0 amide bonds. The van der Waals surface area contributed by atoms with E-state index in [-0.39, 0.29) is 23.2 Å². The zero-order chi connectivity index (χ0) is 14.0. The average Bonchev–Trinajstić information content (AvgIpc) is 2.38. The Morgan fingerprint density at radius 2 is 1.84 bits per heavy atom. The normalized spacial score (nSPS) is 12.4. The maximum Gasteiger partial charge on any atom is 0.162 e. The third-order valence-corrected chi connectivity index (χ3v) is 2.85. The molecule has 100 valence electrons. The van der Waals surface area contributed by atoms with E-state index in [0.717, 1.165) is 18.2 Å². The van der Waals surface area contributed by atoms with Gasteiger partial charge < -0.3 is 10.8 Å². The third-order valence-electron chi connectivity index (χ3n) is 2.85. The zero-order valence-corrected chi connectivity index (χ0v) is 9.91. The Labute approximate surface area is 108 Å². The van der Waals surface area contributed by atoms with Crippen LogP contribution in [0.1, 0.15) is 17.2 Å². The second kappa shape index (κ2) is 5.32. The predicted octanol–water partition coefficient (Wildman–Crippen LogP) is 2.96. The van der Waals surface area contributed by atoms with Crippen LogP contribution in [0.15, 0.2) is 36.4 Å². The van der Waals surface area contributed by atoms with Gasteiger partial charge in [-0.25, -0.2) is 13.2 Å². The maximum atomic E-state index is 13.5. The fourth-order valence-corrected chi connectivity index (χ4v) is 1.86. The number of nitrogens with two attached hydrogens (primary N) is 1. The SMILES string of the molecule is Nc1ccc(F)cc1C(O)Cc1cccc(F)c1F. The summed E-state index contributed by atoms with van der Waals surface area (Å²) < 4.78 is 39.6. The quantitative estimate of drug-likeness (QED) is 0.840. The Bertz CT molecular complexity index is 601. The van der Waals surface area contributed by atoms with Crippen LogP contribution in [0.5, 0.6) is 0 Å². The smallest absolute Gasteiger partial charge is 0.162 e. The zero-order valence-electron chi connectivity index (χ0n) is 9.91. The number of nitrogen functional groups attached to an aromatic ring is 1. The van der Waals surface area contributed by atoms with Gasteiger partial charge in [-0.3, -0.25) is 0 Å². The van der Waals surface area contributed by atoms with E-state index in [1.54, 1.807) is 0 Å². The highest BCUT2D eigenvalue weighted by Crippen LogP contribution is 2.26. The van der Waals surface area contributed by atoms with Gasteiger partial charge in [0.2, 0.25) is 0 Å². The van der Waals surface area contributed by atoms with Crippen LogP contribution in [-0.2, 0) is 6.42 Å². The molecule has 0 fully saturated rings. The van der Waals surface area contributed by atoms with Crippen molar-refractivity contribution in [3.63, 3.8) is 0 Å². The molecule has 1 atom stereocenters. The van der Waals surface area contributed by atoms with Crippen LogP contribution in [0.25, 0.3) is 0 Å². The minimum Gasteiger partial charge on any atom is -0.398 e. The standard InChI is InChI=1S/C14H12F3NO/c15-9-4-5-12(18)10(7-9)13(19)6-8-2-1-3-11(16)14(8)17/h1-5,7,13,19H,6,18H2. The summed E-state index contributed by atoms with van der Waals surface area (Å²) in [7, 11) is 0. The van der Waals surface area contributed by atoms with Crippen molar-refractivity contribution in [2.75, 3.05) is 5.73 Å². The molecular formula is C14H12F3NO. The lowest BCUT2D eigenvalue weighted by Crippen LogP contribution is -2.07. The van der Waals surface area contributed by atoms with Crippen LogP contribution >= 0.6 is 0 Å². The number of benzene rings is 2. The van der Waals surface area contributed by atoms with E-state index in [9.17, 15) is 18.3 Å². The first-order valence-electron chi connectivity index (χ1n) is 5.65. The number of halogens is 3. The molecule has 0 radical (unpaired) electrons. The van der Waals surface area contributed by atoms with E-state index in [1.165, 1.54) is 18.2 Å². The summed E-state index contributed by atoms with van der Waals surface area (Å²) in [5, 5.41) is 9.96. The molecule has 0 saturated heterocycles. The van der Waals surface area contributed by atoms with Crippen LogP contribution in [0.4, 0.5) is 18.9 Å². The number of aliphatic hydroxyl groups excluding tert-OH is 1.